The molecule has 0 saturated heterocycles. The zero-order chi connectivity index (χ0) is 13.9. The van der Waals surface area contributed by atoms with E-state index in [1.54, 1.807) is 6.20 Å². The van der Waals surface area contributed by atoms with Crippen LogP contribution in [0.2, 0.25) is 0 Å². The summed E-state index contributed by atoms with van der Waals surface area (Å²) in [6, 6.07) is 7.86. The second-order valence-electron chi connectivity index (χ2n) is 4.52. The number of hydrogen-bond donors (Lipinski definition) is 2. The average molecular weight is 285 g/mol. The van der Waals surface area contributed by atoms with Crippen LogP contribution in [0.4, 0.5) is 0 Å². The van der Waals surface area contributed by atoms with Gasteiger partial charge in [-0.15, -0.1) is 11.3 Å². The summed E-state index contributed by atoms with van der Waals surface area (Å²) in [5.41, 5.74) is 1.98. The van der Waals surface area contributed by atoms with Crippen molar-refractivity contribution in [2.75, 3.05) is 6.54 Å². The van der Waals surface area contributed by atoms with Crippen molar-refractivity contribution < 1.29 is 4.79 Å². The molecule has 3 aromatic heterocycles. The van der Waals surface area contributed by atoms with Crippen LogP contribution in [0.15, 0.2) is 36.7 Å². The van der Waals surface area contributed by atoms with Crippen molar-refractivity contribution in [2.24, 2.45) is 0 Å². The van der Waals surface area contributed by atoms with E-state index in [4.69, 9.17) is 0 Å². The Bertz CT molecular complexity index is 744. The third-order valence-electron chi connectivity index (χ3n) is 3.09. The second-order valence-corrected chi connectivity index (χ2v) is 5.60. The summed E-state index contributed by atoms with van der Waals surface area (Å²) in [6.45, 7) is 2.75. The lowest BCUT2D eigenvalue weighted by Crippen LogP contribution is -2.22. The summed E-state index contributed by atoms with van der Waals surface area (Å²) in [7, 11) is 0. The minimum atomic E-state index is 0.00229. The molecule has 20 heavy (non-hydrogen) atoms. The highest BCUT2D eigenvalue weighted by molar-refractivity contribution is 7.17. The Kier molecular flexibility index (Phi) is 3.52. The SMILES string of the molecule is CCCNC(=O)c1ccc(-c2ccnc3[nH]ccc23)s1. The number of nitrogens with one attached hydrogen (secondary N) is 2. The zero-order valence-electron chi connectivity index (χ0n) is 11.1. The highest BCUT2D eigenvalue weighted by atomic mass is 32.1. The first-order valence-corrected chi connectivity index (χ1v) is 7.41. The number of pyridine rings is 1. The summed E-state index contributed by atoms with van der Waals surface area (Å²) in [4.78, 5) is 21.2. The maximum atomic E-state index is 11.9. The van der Waals surface area contributed by atoms with Crippen LogP contribution in [0, 0.1) is 0 Å². The van der Waals surface area contributed by atoms with Gasteiger partial charge in [0.15, 0.2) is 0 Å². The highest BCUT2D eigenvalue weighted by Crippen LogP contribution is 2.32. The van der Waals surface area contributed by atoms with Gasteiger partial charge in [-0.3, -0.25) is 4.79 Å². The molecule has 2 N–H and O–H groups in total. The van der Waals surface area contributed by atoms with Crippen molar-refractivity contribution in [1.82, 2.24) is 15.3 Å². The van der Waals surface area contributed by atoms with Crippen molar-refractivity contribution in [3.63, 3.8) is 0 Å². The van der Waals surface area contributed by atoms with Crippen molar-refractivity contribution in [3.8, 4) is 10.4 Å². The van der Waals surface area contributed by atoms with Gasteiger partial charge in [0.2, 0.25) is 0 Å². The Hall–Kier alpha value is -2.14. The number of H-pyrrole nitrogens is 1. The van der Waals surface area contributed by atoms with Gasteiger partial charge in [-0.2, -0.15) is 0 Å². The molecule has 5 heteroatoms. The number of thiophene rings is 1. The van der Waals surface area contributed by atoms with Gasteiger partial charge in [0, 0.05) is 34.8 Å². The average Bonchev–Trinajstić information content (AvgIpc) is 3.12. The van der Waals surface area contributed by atoms with E-state index >= 15 is 0 Å². The standard InChI is InChI=1S/C15H15N3OS/c1-2-7-18-15(19)13-4-3-12(20-13)10-5-8-16-14-11(10)6-9-17-14/h3-6,8-9H,2,7H2,1H3,(H,16,17)(H,18,19). The Morgan fingerprint density at radius 3 is 3.10 bits per heavy atom. The fourth-order valence-corrected chi connectivity index (χ4v) is 3.07. The fourth-order valence-electron chi connectivity index (χ4n) is 2.11. The number of aromatic nitrogens is 2. The molecule has 0 bridgehead atoms. The molecule has 0 fully saturated rings. The molecule has 0 spiro atoms. The molecule has 3 heterocycles. The minimum Gasteiger partial charge on any atom is -0.351 e. The molecular weight excluding hydrogens is 270 g/mol. The van der Waals surface area contributed by atoms with Crippen LogP contribution < -0.4 is 5.32 Å². The number of hydrogen-bond acceptors (Lipinski definition) is 3. The van der Waals surface area contributed by atoms with Crippen LogP contribution in [0.1, 0.15) is 23.0 Å². The molecule has 0 radical (unpaired) electrons. The van der Waals surface area contributed by atoms with Crippen molar-refractivity contribution >= 4 is 28.3 Å². The third-order valence-corrected chi connectivity index (χ3v) is 4.21. The van der Waals surface area contributed by atoms with Crippen molar-refractivity contribution in [3.05, 3.63) is 41.5 Å². The molecule has 0 aliphatic heterocycles. The van der Waals surface area contributed by atoms with E-state index in [0.717, 1.165) is 32.8 Å². The number of nitrogens with zero attached hydrogens (tertiary/aromatic N) is 1. The number of aromatic amines is 1. The lowest BCUT2D eigenvalue weighted by molar-refractivity contribution is 0.0957. The molecular formula is C15H15N3OS. The van der Waals surface area contributed by atoms with Gasteiger partial charge < -0.3 is 10.3 Å². The second kappa shape index (κ2) is 5.46. The quantitative estimate of drug-likeness (QED) is 0.771. The monoisotopic (exact) mass is 285 g/mol. The maximum Gasteiger partial charge on any atom is 0.261 e. The van der Waals surface area contributed by atoms with Gasteiger partial charge in [-0.25, -0.2) is 4.98 Å². The van der Waals surface area contributed by atoms with Gasteiger partial charge >= 0.3 is 0 Å². The highest BCUT2D eigenvalue weighted by Gasteiger charge is 2.12. The fraction of sp³-hybridized carbons (Fsp3) is 0.200. The first-order valence-electron chi connectivity index (χ1n) is 6.60. The van der Waals surface area contributed by atoms with E-state index in [0.29, 0.717) is 6.54 Å². The normalized spacial score (nSPS) is 10.8. The van der Waals surface area contributed by atoms with Crippen LogP contribution in [0.5, 0.6) is 0 Å². The third kappa shape index (κ3) is 2.32. The zero-order valence-corrected chi connectivity index (χ0v) is 12.0. The smallest absolute Gasteiger partial charge is 0.261 e. The van der Waals surface area contributed by atoms with E-state index in [1.807, 2.05) is 37.4 Å². The van der Waals surface area contributed by atoms with Gasteiger partial charge in [-0.1, -0.05) is 6.92 Å². The molecule has 1 amide bonds. The number of carbonyl (C=O) groups is 1. The summed E-state index contributed by atoms with van der Waals surface area (Å²) < 4.78 is 0. The number of fused-ring (bicyclic) bond motifs is 1. The molecule has 0 aromatic carbocycles. The molecule has 0 saturated carbocycles. The molecule has 3 aromatic rings. The summed E-state index contributed by atoms with van der Waals surface area (Å²) in [5, 5.41) is 3.98. The minimum absolute atomic E-state index is 0.00229. The van der Waals surface area contributed by atoms with E-state index in [1.165, 1.54) is 11.3 Å². The first-order chi connectivity index (χ1) is 9.79. The number of carbonyl (C=O) groups excluding carboxylic acids is 1. The van der Waals surface area contributed by atoms with Crippen LogP contribution in [-0.4, -0.2) is 22.4 Å². The Morgan fingerprint density at radius 1 is 1.35 bits per heavy atom. The molecule has 3 rings (SSSR count). The lowest BCUT2D eigenvalue weighted by Gasteiger charge is -2.00. The molecule has 4 nitrogen and oxygen atoms in total. The van der Waals surface area contributed by atoms with Crippen LogP contribution in [0.25, 0.3) is 21.5 Å². The molecule has 0 aliphatic rings. The predicted octanol–water partition coefficient (Wildman–Crippen LogP) is 3.43. The Morgan fingerprint density at radius 2 is 2.25 bits per heavy atom. The first kappa shape index (κ1) is 12.9. The van der Waals surface area contributed by atoms with Crippen LogP contribution in [-0.2, 0) is 0 Å². The van der Waals surface area contributed by atoms with Crippen molar-refractivity contribution in [2.45, 2.75) is 13.3 Å². The van der Waals surface area contributed by atoms with Crippen LogP contribution in [0.3, 0.4) is 0 Å². The van der Waals surface area contributed by atoms with Gasteiger partial charge in [0.05, 0.1) is 4.88 Å². The van der Waals surface area contributed by atoms with E-state index in [9.17, 15) is 4.79 Å². The lowest BCUT2D eigenvalue weighted by atomic mass is 10.1. The molecule has 0 atom stereocenters. The molecule has 0 aliphatic carbocycles. The van der Waals surface area contributed by atoms with Crippen LogP contribution >= 0.6 is 11.3 Å². The summed E-state index contributed by atoms with van der Waals surface area (Å²) >= 11 is 1.51. The van der Waals surface area contributed by atoms with Crippen molar-refractivity contribution in [1.29, 1.82) is 0 Å². The largest absolute Gasteiger partial charge is 0.351 e. The van der Waals surface area contributed by atoms with E-state index in [-0.39, 0.29) is 5.91 Å². The van der Waals surface area contributed by atoms with E-state index in [2.05, 4.69) is 15.3 Å². The van der Waals surface area contributed by atoms with Gasteiger partial charge in [0.1, 0.15) is 5.65 Å². The van der Waals surface area contributed by atoms with Gasteiger partial charge in [-0.05, 0) is 30.7 Å². The maximum absolute atomic E-state index is 11.9. The van der Waals surface area contributed by atoms with Gasteiger partial charge in [0.25, 0.3) is 5.91 Å². The summed E-state index contributed by atoms with van der Waals surface area (Å²) in [5.74, 6) is 0.00229. The number of rotatable bonds is 4. The predicted molar refractivity (Wildman–Crippen MR) is 82.0 cm³/mol. The molecule has 0 unspecified atom stereocenters. The van der Waals surface area contributed by atoms with E-state index < -0.39 is 0 Å². The Balaban J connectivity index is 1.94. The Labute approximate surface area is 120 Å². The molecule has 102 valence electrons. The topological polar surface area (TPSA) is 57.8 Å². The number of amides is 1. The summed E-state index contributed by atoms with van der Waals surface area (Å²) in [6.07, 6.45) is 4.60.